The zero-order valence-electron chi connectivity index (χ0n) is 29.9. The van der Waals surface area contributed by atoms with E-state index in [0.717, 1.165) is 32.7 Å². The van der Waals surface area contributed by atoms with Gasteiger partial charge in [-0.15, -0.1) is 0 Å². The predicted octanol–water partition coefficient (Wildman–Crippen LogP) is 12.0. The van der Waals surface area contributed by atoms with Crippen molar-refractivity contribution in [3.63, 3.8) is 0 Å². The van der Waals surface area contributed by atoms with E-state index in [9.17, 15) is 4.11 Å². The number of furan rings is 1. The molecule has 0 amide bonds. The van der Waals surface area contributed by atoms with Crippen LogP contribution in [0.4, 0.5) is 0 Å². The van der Waals surface area contributed by atoms with E-state index < -0.39 is 0 Å². The number of para-hydroxylation sites is 1. The molecular formula is C42H26O. The third-order valence-electron chi connectivity index (χ3n) is 8.36. The molecule has 1 nitrogen and oxygen atoms in total. The summed E-state index contributed by atoms with van der Waals surface area (Å²) in [5.41, 5.74) is 5.36. The Morgan fingerprint density at radius 2 is 1.07 bits per heavy atom. The monoisotopic (exact) mass is 553 g/mol. The van der Waals surface area contributed by atoms with Crippen molar-refractivity contribution in [1.29, 1.82) is 0 Å². The fourth-order valence-corrected chi connectivity index (χ4v) is 6.53. The maximum absolute atomic E-state index is 9.45. The zero-order valence-corrected chi connectivity index (χ0v) is 22.9. The molecule has 0 radical (unpaired) electrons. The van der Waals surface area contributed by atoms with Crippen LogP contribution in [0.5, 0.6) is 0 Å². The van der Waals surface area contributed by atoms with E-state index in [1.807, 2.05) is 103 Å². The van der Waals surface area contributed by atoms with E-state index >= 15 is 0 Å². The van der Waals surface area contributed by atoms with Gasteiger partial charge in [-0.3, -0.25) is 0 Å². The Hall–Kier alpha value is -5.66. The maximum atomic E-state index is 9.45. The molecule has 0 saturated heterocycles. The molecule has 0 atom stereocenters. The van der Waals surface area contributed by atoms with Gasteiger partial charge in [-0.25, -0.2) is 0 Å². The van der Waals surface area contributed by atoms with Crippen LogP contribution in [0.25, 0.3) is 87.6 Å². The average Bonchev–Trinajstić information content (AvgIpc) is 3.53. The first kappa shape index (κ1) is 18.0. The highest BCUT2D eigenvalue weighted by molar-refractivity contribution is 6.27. The molecule has 0 spiro atoms. The molecule has 1 heterocycles. The molecule has 9 rings (SSSR count). The number of hydrogen-bond acceptors (Lipinski definition) is 1. The Labute approximate surface area is 259 Å². The lowest BCUT2D eigenvalue weighted by Gasteiger charge is -2.20. The first-order valence-corrected chi connectivity index (χ1v) is 14.2. The maximum Gasteiger partial charge on any atom is 0.136 e. The van der Waals surface area contributed by atoms with Crippen LogP contribution in [0.15, 0.2) is 162 Å². The van der Waals surface area contributed by atoms with Gasteiger partial charge in [0.05, 0.1) is 9.60 Å². The SMILES string of the molecule is [2H]c1cc2c(-c3cccc4oc5ccccc5c34)c3c([2H])c([2H])c([2H])c([2H])c3c(-c3cc(-c4ccccc4)cc4ccccc34)c2c([2H])c1[2H]. The molecule has 0 saturated carbocycles. The summed E-state index contributed by atoms with van der Waals surface area (Å²) >= 11 is 0. The molecule has 9 aromatic rings. The van der Waals surface area contributed by atoms with Crippen LogP contribution >= 0.6 is 0 Å². The van der Waals surface area contributed by atoms with Crippen molar-refractivity contribution in [2.24, 2.45) is 0 Å². The number of fused-ring (bicyclic) bond motifs is 6. The van der Waals surface area contributed by atoms with E-state index in [4.69, 9.17) is 9.90 Å². The van der Waals surface area contributed by atoms with Crippen molar-refractivity contribution in [2.45, 2.75) is 0 Å². The fraction of sp³-hybridized carbons (Fsp3) is 0. The molecule has 43 heavy (non-hydrogen) atoms. The Kier molecular flexibility index (Phi) is 3.95. The molecule has 8 aromatic carbocycles. The van der Waals surface area contributed by atoms with Gasteiger partial charge in [-0.05, 0) is 90.0 Å². The summed E-state index contributed by atoms with van der Waals surface area (Å²) in [6, 6.07) is 34.8. The van der Waals surface area contributed by atoms with Gasteiger partial charge in [0.2, 0.25) is 0 Å². The second kappa shape index (κ2) is 9.44. The van der Waals surface area contributed by atoms with Crippen molar-refractivity contribution < 1.29 is 14.0 Å². The van der Waals surface area contributed by atoms with E-state index in [1.54, 1.807) is 6.07 Å². The smallest absolute Gasteiger partial charge is 0.136 e. The lowest BCUT2D eigenvalue weighted by atomic mass is 9.83. The molecular weight excluding hydrogens is 520 g/mol. The molecule has 1 heteroatoms. The normalized spacial score (nSPS) is 14.0. The van der Waals surface area contributed by atoms with Crippen LogP contribution in [-0.2, 0) is 0 Å². The standard InChI is InChI=1S/C42H26O/c1-2-13-27(14-3-1)29-25-28-15-4-5-16-30(28)37(26-29)41-33-19-8-6-17-31(33)40(32-18-7-9-20-34(32)41)36-22-12-24-39-42(36)35-21-10-11-23-38(35)43-39/h1-26H/i6D,7D,8D,9D,17D,19D,20D. The van der Waals surface area contributed by atoms with Crippen molar-refractivity contribution in [1.82, 2.24) is 0 Å². The first-order valence-electron chi connectivity index (χ1n) is 17.7. The van der Waals surface area contributed by atoms with Crippen LogP contribution in [0.1, 0.15) is 9.60 Å². The summed E-state index contributed by atoms with van der Waals surface area (Å²) in [6.07, 6.45) is 0. The molecule has 0 aliphatic carbocycles. The van der Waals surface area contributed by atoms with Crippen LogP contribution < -0.4 is 0 Å². The van der Waals surface area contributed by atoms with Crippen LogP contribution in [0.2, 0.25) is 0 Å². The van der Waals surface area contributed by atoms with E-state index in [1.165, 1.54) is 0 Å². The minimum atomic E-state index is -0.390. The van der Waals surface area contributed by atoms with Crippen LogP contribution in [-0.4, -0.2) is 0 Å². The molecule has 0 fully saturated rings. The van der Waals surface area contributed by atoms with Crippen molar-refractivity contribution >= 4 is 54.3 Å². The molecule has 0 unspecified atom stereocenters. The van der Waals surface area contributed by atoms with E-state index in [-0.39, 0.29) is 53.1 Å². The lowest BCUT2D eigenvalue weighted by Crippen LogP contribution is -1.93. The molecule has 0 N–H and O–H groups in total. The summed E-state index contributed by atoms with van der Waals surface area (Å²) < 4.78 is 70.0. The van der Waals surface area contributed by atoms with E-state index in [2.05, 4.69) is 6.07 Å². The van der Waals surface area contributed by atoms with Crippen molar-refractivity contribution in [3.05, 3.63) is 158 Å². The highest BCUT2D eigenvalue weighted by atomic mass is 16.3. The Morgan fingerprint density at radius 1 is 0.419 bits per heavy atom. The average molecular weight is 554 g/mol. The number of benzene rings is 8. The summed E-state index contributed by atoms with van der Waals surface area (Å²) in [6.45, 7) is 0. The van der Waals surface area contributed by atoms with Gasteiger partial charge >= 0.3 is 0 Å². The molecule has 0 aliphatic heterocycles. The fourth-order valence-electron chi connectivity index (χ4n) is 6.53. The molecule has 200 valence electrons. The van der Waals surface area contributed by atoms with Crippen molar-refractivity contribution in [3.8, 4) is 33.4 Å². The molecule has 1 aromatic heterocycles. The third-order valence-corrected chi connectivity index (χ3v) is 8.36. The van der Waals surface area contributed by atoms with Crippen molar-refractivity contribution in [2.75, 3.05) is 0 Å². The minimum absolute atomic E-state index is 0.151. The molecule has 0 bridgehead atoms. The summed E-state index contributed by atoms with van der Waals surface area (Å²) in [5.74, 6) is 0. The zero-order chi connectivity index (χ0) is 34.4. The van der Waals surface area contributed by atoms with Gasteiger partial charge < -0.3 is 4.42 Å². The Balaban J connectivity index is 1.59. The second-order valence-electron chi connectivity index (χ2n) is 10.7. The quantitative estimate of drug-likeness (QED) is 0.198. The summed E-state index contributed by atoms with van der Waals surface area (Å²) in [4.78, 5) is 0. The highest BCUT2D eigenvalue weighted by Crippen LogP contribution is 2.48. The number of rotatable bonds is 3. The largest absolute Gasteiger partial charge is 0.456 e. The van der Waals surface area contributed by atoms with E-state index in [0.29, 0.717) is 44.2 Å². The van der Waals surface area contributed by atoms with Crippen LogP contribution in [0.3, 0.4) is 0 Å². The topological polar surface area (TPSA) is 13.1 Å². The summed E-state index contributed by atoms with van der Waals surface area (Å²) in [7, 11) is 0. The minimum Gasteiger partial charge on any atom is -0.456 e. The second-order valence-corrected chi connectivity index (χ2v) is 10.7. The Morgan fingerprint density at radius 3 is 1.91 bits per heavy atom. The number of hydrogen-bond donors (Lipinski definition) is 0. The highest BCUT2D eigenvalue weighted by Gasteiger charge is 2.21. The van der Waals surface area contributed by atoms with Crippen LogP contribution in [0, 0.1) is 0 Å². The predicted molar refractivity (Wildman–Crippen MR) is 183 cm³/mol. The van der Waals surface area contributed by atoms with Gasteiger partial charge in [0.1, 0.15) is 11.2 Å². The first-order chi connectivity index (χ1) is 24.2. The van der Waals surface area contributed by atoms with Gasteiger partial charge in [-0.2, -0.15) is 0 Å². The third kappa shape index (κ3) is 3.65. The van der Waals surface area contributed by atoms with Gasteiger partial charge in [0, 0.05) is 10.8 Å². The molecule has 0 aliphatic rings. The van der Waals surface area contributed by atoms with Gasteiger partial charge in [-0.1, -0.05) is 133 Å². The lowest BCUT2D eigenvalue weighted by molar-refractivity contribution is 0.669. The van der Waals surface area contributed by atoms with Gasteiger partial charge in [0.25, 0.3) is 0 Å². The van der Waals surface area contributed by atoms with Gasteiger partial charge in [0.15, 0.2) is 0 Å². The Bertz CT molecular complexity index is 2890. The summed E-state index contributed by atoms with van der Waals surface area (Å²) in [5, 5.41) is 4.68.